The molecular weight excluding hydrogens is 320 g/mol. The van der Waals surface area contributed by atoms with Crippen molar-refractivity contribution in [2.75, 3.05) is 0 Å². The number of aromatic amines is 1. The average molecular weight is 341 g/mol. The van der Waals surface area contributed by atoms with Crippen LogP contribution in [0.5, 0.6) is 0 Å². The standard InChI is InChI=1S/C22H20N2Si/c1-25(2,3)21-17-13-12-14-8-4-5-9-15(14)20(17)24-22-19(21)16-10-6-7-11-18(16)23-22/h4-13H,1-3H3,(H,23,24). The lowest BCUT2D eigenvalue weighted by molar-refractivity contribution is 1.41. The van der Waals surface area contributed by atoms with Crippen molar-refractivity contribution in [1.82, 2.24) is 9.97 Å². The zero-order valence-corrected chi connectivity index (χ0v) is 15.7. The van der Waals surface area contributed by atoms with E-state index in [1.54, 1.807) is 0 Å². The van der Waals surface area contributed by atoms with E-state index in [9.17, 15) is 0 Å². The Labute approximate surface area is 147 Å². The summed E-state index contributed by atoms with van der Waals surface area (Å²) in [5.74, 6) is 0. The topological polar surface area (TPSA) is 28.7 Å². The zero-order valence-electron chi connectivity index (χ0n) is 14.7. The summed E-state index contributed by atoms with van der Waals surface area (Å²) in [5, 5.41) is 7.92. The highest BCUT2D eigenvalue weighted by Crippen LogP contribution is 2.31. The lowest BCUT2D eigenvalue weighted by Gasteiger charge is -2.21. The number of nitrogens with zero attached hydrogens (tertiary/aromatic N) is 1. The van der Waals surface area contributed by atoms with E-state index in [4.69, 9.17) is 4.98 Å². The number of para-hydroxylation sites is 1. The Hall–Kier alpha value is -2.65. The number of aromatic nitrogens is 2. The van der Waals surface area contributed by atoms with Crippen molar-refractivity contribution in [2.45, 2.75) is 19.6 Å². The molecule has 2 heterocycles. The quantitative estimate of drug-likeness (QED) is 0.314. The second-order valence-corrected chi connectivity index (χ2v) is 12.8. The molecule has 5 aromatic rings. The van der Waals surface area contributed by atoms with Gasteiger partial charge in [0.2, 0.25) is 0 Å². The number of benzene rings is 3. The number of hydrogen-bond acceptors (Lipinski definition) is 1. The first-order chi connectivity index (χ1) is 12.0. The highest BCUT2D eigenvalue weighted by molar-refractivity contribution is 6.92. The molecule has 0 saturated heterocycles. The molecule has 0 spiro atoms. The summed E-state index contributed by atoms with van der Waals surface area (Å²) in [6.45, 7) is 7.29. The van der Waals surface area contributed by atoms with E-state index < -0.39 is 8.07 Å². The summed E-state index contributed by atoms with van der Waals surface area (Å²) >= 11 is 0. The van der Waals surface area contributed by atoms with Crippen molar-refractivity contribution in [3.8, 4) is 0 Å². The van der Waals surface area contributed by atoms with Crippen LogP contribution in [0, 0.1) is 0 Å². The Kier molecular flexibility index (Phi) is 2.89. The number of fused-ring (bicyclic) bond motifs is 6. The lowest BCUT2D eigenvalue weighted by Crippen LogP contribution is -2.39. The van der Waals surface area contributed by atoms with Gasteiger partial charge in [0.05, 0.1) is 13.6 Å². The van der Waals surface area contributed by atoms with Crippen molar-refractivity contribution >= 4 is 56.9 Å². The minimum Gasteiger partial charge on any atom is -0.339 e. The number of H-pyrrole nitrogens is 1. The van der Waals surface area contributed by atoms with E-state index in [1.165, 1.54) is 37.6 Å². The van der Waals surface area contributed by atoms with Crippen LogP contribution in [-0.4, -0.2) is 18.0 Å². The van der Waals surface area contributed by atoms with Crippen molar-refractivity contribution in [1.29, 1.82) is 0 Å². The molecule has 0 atom stereocenters. The summed E-state index contributed by atoms with van der Waals surface area (Å²) < 4.78 is 0. The number of hydrogen-bond donors (Lipinski definition) is 1. The average Bonchev–Trinajstić information content (AvgIpc) is 2.96. The minimum absolute atomic E-state index is 1.02. The Balaban J connectivity index is 2.12. The van der Waals surface area contributed by atoms with Crippen LogP contribution in [0.3, 0.4) is 0 Å². The summed E-state index contributed by atoms with van der Waals surface area (Å²) in [6, 6.07) is 21.6. The molecule has 3 aromatic carbocycles. The first kappa shape index (κ1) is 14.7. The van der Waals surface area contributed by atoms with Gasteiger partial charge in [-0.25, -0.2) is 4.98 Å². The maximum absolute atomic E-state index is 5.08. The Morgan fingerprint density at radius 1 is 0.760 bits per heavy atom. The molecule has 2 nitrogen and oxygen atoms in total. The van der Waals surface area contributed by atoms with Gasteiger partial charge in [-0.05, 0) is 16.6 Å². The lowest BCUT2D eigenvalue weighted by atomic mass is 10.0. The van der Waals surface area contributed by atoms with Crippen LogP contribution in [0.1, 0.15) is 0 Å². The molecule has 1 N–H and O–H groups in total. The monoisotopic (exact) mass is 340 g/mol. The van der Waals surface area contributed by atoms with Crippen molar-refractivity contribution in [2.24, 2.45) is 0 Å². The van der Waals surface area contributed by atoms with Gasteiger partial charge < -0.3 is 4.98 Å². The summed E-state index contributed by atoms with van der Waals surface area (Å²) in [5.41, 5.74) is 3.31. The van der Waals surface area contributed by atoms with Crippen LogP contribution in [0.4, 0.5) is 0 Å². The summed E-state index contributed by atoms with van der Waals surface area (Å²) in [6.07, 6.45) is 0. The minimum atomic E-state index is -1.59. The third-order valence-corrected chi connectivity index (χ3v) is 7.10. The molecule has 3 heteroatoms. The molecule has 0 unspecified atom stereocenters. The van der Waals surface area contributed by atoms with E-state index in [0.717, 1.165) is 11.2 Å². The fourth-order valence-corrected chi connectivity index (χ4v) is 6.08. The number of pyridine rings is 1. The highest BCUT2D eigenvalue weighted by Gasteiger charge is 2.25. The van der Waals surface area contributed by atoms with E-state index >= 15 is 0 Å². The predicted molar refractivity (Wildman–Crippen MR) is 112 cm³/mol. The third kappa shape index (κ3) is 2.06. The fourth-order valence-electron chi connectivity index (χ4n) is 4.07. The first-order valence-electron chi connectivity index (χ1n) is 8.76. The van der Waals surface area contributed by atoms with Crippen molar-refractivity contribution < 1.29 is 0 Å². The van der Waals surface area contributed by atoms with Gasteiger partial charge in [0.15, 0.2) is 0 Å². The smallest absolute Gasteiger partial charge is 0.138 e. The third-order valence-electron chi connectivity index (χ3n) is 5.08. The van der Waals surface area contributed by atoms with Gasteiger partial charge in [-0.1, -0.05) is 74.2 Å². The largest absolute Gasteiger partial charge is 0.339 e. The molecule has 2 aromatic heterocycles. The Bertz CT molecular complexity index is 1280. The van der Waals surface area contributed by atoms with Gasteiger partial charge in [-0.2, -0.15) is 0 Å². The van der Waals surface area contributed by atoms with Crippen LogP contribution in [0.2, 0.25) is 19.6 Å². The summed E-state index contributed by atoms with van der Waals surface area (Å²) in [7, 11) is -1.59. The second kappa shape index (κ2) is 4.93. The van der Waals surface area contributed by atoms with Crippen LogP contribution in [0.15, 0.2) is 60.7 Å². The van der Waals surface area contributed by atoms with Gasteiger partial charge in [0.25, 0.3) is 0 Å². The van der Waals surface area contributed by atoms with Gasteiger partial charge >= 0.3 is 0 Å². The maximum atomic E-state index is 5.08. The van der Waals surface area contributed by atoms with Crippen LogP contribution in [-0.2, 0) is 0 Å². The molecule has 5 rings (SSSR count). The molecule has 0 radical (unpaired) electrons. The van der Waals surface area contributed by atoms with Crippen LogP contribution >= 0.6 is 0 Å². The van der Waals surface area contributed by atoms with Gasteiger partial charge in [0.1, 0.15) is 5.65 Å². The van der Waals surface area contributed by atoms with Gasteiger partial charge in [0, 0.05) is 27.1 Å². The van der Waals surface area contributed by atoms with Crippen molar-refractivity contribution in [3.63, 3.8) is 0 Å². The van der Waals surface area contributed by atoms with E-state index in [1.807, 2.05) is 0 Å². The van der Waals surface area contributed by atoms with Gasteiger partial charge in [-0.3, -0.25) is 0 Å². The Morgan fingerprint density at radius 2 is 1.48 bits per heavy atom. The normalized spacial score (nSPS) is 12.6. The molecule has 25 heavy (non-hydrogen) atoms. The molecule has 0 saturated carbocycles. The molecule has 122 valence electrons. The predicted octanol–water partition coefficient (Wildman–Crippen LogP) is 5.57. The SMILES string of the molecule is C[Si](C)(C)c1c2ccc3ccccc3c2nc2[nH]c3ccccc3c12. The first-order valence-corrected chi connectivity index (χ1v) is 12.3. The number of rotatable bonds is 1. The number of nitrogens with one attached hydrogen (secondary N) is 1. The highest BCUT2D eigenvalue weighted by atomic mass is 28.3. The fraction of sp³-hybridized carbons (Fsp3) is 0.136. The molecular formula is C22H20N2Si. The van der Waals surface area contributed by atoms with Crippen LogP contribution < -0.4 is 5.19 Å². The molecule has 0 amide bonds. The van der Waals surface area contributed by atoms with Crippen molar-refractivity contribution in [3.05, 3.63) is 60.7 Å². The Morgan fingerprint density at radius 3 is 2.28 bits per heavy atom. The molecule has 0 bridgehead atoms. The van der Waals surface area contributed by atoms with Gasteiger partial charge in [-0.15, -0.1) is 0 Å². The van der Waals surface area contributed by atoms with E-state index in [-0.39, 0.29) is 0 Å². The summed E-state index contributed by atoms with van der Waals surface area (Å²) in [4.78, 5) is 8.64. The molecule has 0 fully saturated rings. The molecule has 0 aliphatic carbocycles. The molecule has 0 aliphatic heterocycles. The second-order valence-electron chi connectivity index (χ2n) is 7.81. The van der Waals surface area contributed by atoms with Crippen LogP contribution in [0.25, 0.3) is 43.6 Å². The van der Waals surface area contributed by atoms with E-state index in [0.29, 0.717) is 0 Å². The zero-order chi connectivity index (χ0) is 17.2. The van der Waals surface area contributed by atoms with E-state index in [2.05, 4.69) is 85.3 Å². The maximum Gasteiger partial charge on any atom is 0.138 e. The molecule has 0 aliphatic rings.